The lowest BCUT2D eigenvalue weighted by Crippen LogP contribution is -2.48. The highest BCUT2D eigenvalue weighted by Gasteiger charge is 2.20. The van der Waals surface area contributed by atoms with Gasteiger partial charge in [0.25, 0.3) is 0 Å². The monoisotopic (exact) mass is 604 g/mol. The van der Waals surface area contributed by atoms with E-state index in [-0.39, 0.29) is 6.10 Å². The normalized spacial score (nSPS) is 15.1. The summed E-state index contributed by atoms with van der Waals surface area (Å²) in [5, 5.41) is 41.6. The Morgan fingerprint density at radius 2 is 1.12 bits per heavy atom. The van der Waals surface area contributed by atoms with Crippen LogP contribution in [-0.4, -0.2) is 105 Å². The molecule has 0 aliphatic carbocycles. The first-order chi connectivity index (χ1) is 19.9. The summed E-state index contributed by atoms with van der Waals surface area (Å²) in [6.07, 6.45) is 3.09. The van der Waals surface area contributed by atoms with Gasteiger partial charge in [0.1, 0.15) is 0 Å². The van der Waals surface area contributed by atoms with Crippen molar-refractivity contribution >= 4 is 35.5 Å². The number of hydrogen-bond donors (Lipinski definition) is 5. The molecule has 3 rings (SSSR count). The van der Waals surface area contributed by atoms with Crippen LogP contribution in [-0.2, 0) is 19.2 Å². The number of piperazine rings is 1. The molecule has 0 amide bonds. The van der Waals surface area contributed by atoms with E-state index in [1.807, 2.05) is 19.1 Å². The Morgan fingerprint density at radius 1 is 0.714 bits per heavy atom. The van der Waals surface area contributed by atoms with Crippen molar-refractivity contribution in [1.82, 2.24) is 9.80 Å². The van der Waals surface area contributed by atoms with Gasteiger partial charge < -0.3 is 30.4 Å². The number of benzene rings is 2. The van der Waals surface area contributed by atoms with Crippen molar-refractivity contribution < 1.29 is 44.7 Å². The first-order valence-electron chi connectivity index (χ1n) is 13.1. The summed E-state index contributed by atoms with van der Waals surface area (Å²) in [5.41, 5.74) is 2.69. The number of carboxylic acids is 4. The zero-order chi connectivity index (χ0) is 31.5. The number of carbonyl (C=O) groups is 4. The van der Waals surface area contributed by atoms with Gasteiger partial charge in [-0.25, -0.2) is 19.2 Å². The molecule has 11 nitrogen and oxygen atoms in total. The highest BCUT2D eigenvalue weighted by Crippen LogP contribution is 2.29. The quantitative estimate of drug-likeness (QED) is 0.238. The summed E-state index contributed by atoms with van der Waals surface area (Å²) in [6, 6.07) is 19.0. The zero-order valence-electron chi connectivity index (χ0n) is 23.3. The van der Waals surface area contributed by atoms with E-state index in [0.717, 1.165) is 50.7 Å². The van der Waals surface area contributed by atoms with E-state index in [4.69, 9.17) is 32.0 Å². The summed E-state index contributed by atoms with van der Waals surface area (Å²) in [7, 11) is 0. The van der Waals surface area contributed by atoms with Crippen LogP contribution in [0.25, 0.3) is 0 Å². The van der Waals surface area contributed by atoms with Gasteiger partial charge in [-0.05, 0) is 43.1 Å². The van der Waals surface area contributed by atoms with Gasteiger partial charge in [-0.1, -0.05) is 54.1 Å². The SMILES string of the molecule is CC(O)CN1CCN(CCC(c2ccccc2)c2ccc(Cl)cc2)CC1.O=C(O)/C=C\C(=O)O.O=C(O)/C=C\C(=O)O. The van der Waals surface area contributed by atoms with Crippen LogP contribution in [0.3, 0.4) is 0 Å². The van der Waals surface area contributed by atoms with Crippen molar-refractivity contribution in [3.8, 4) is 0 Å². The number of aliphatic carboxylic acids is 4. The number of nitrogens with zero attached hydrogens (tertiary/aromatic N) is 2. The van der Waals surface area contributed by atoms with E-state index in [2.05, 4.69) is 52.3 Å². The standard InChI is InChI=1S/C22H29ClN2O.2C4H4O4/c1-18(26)17-25-15-13-24(14-16-25)12-11-22(19-5-3-2-4-6-19)20-7-9-21(23)10-8-20;2*5-3(6)1-2-4(7)8/h2-10,18,22,26H,11-17H2,1H3;2*1-2H,(H,5,6)(H,7,8)/b;2*2-1-. The maximum absolute atomic E-state index is 9.55. The third-order valence-electron chi connectivity index (χ3n) is 5.93. The molecule has 0 saturated carbocycles. The van der Waals surface area contributed by atoms with E-state index in [1.165, 1.54) is 11.1 Å². The van der Waals surface area contributed by atoms with Gasteiger partial charge in [0.15, 0.2) is 0 Å². The second-order valence-corrected chi connectivity index (χ2v) is 9.75. The molecular weight excluding hydrogens is 568 g/mol. The Bertz CT molecular complexity index is 1110. The van der Waals surface area contributed by atoms with Gasteiger partial charge >= 0.3 is 23.9 Å². The predicted octanol–water partition coefficient (Wildman–Crippen LogP) is 3.28. The summed E-state index contributed by atoms with van der Waals surface area (Å²) < 4.78 is 0. The van der Waals surface area contributed by atoms with Gasteiger partial charge in [0.05, 0.1) is 6.10 Å². The van der Waals surface area contributed by atoms with Crippen LogP contribution in [0.4, 0.5) is 0 Å². The molecule has 0 bridgehead atoms. The largest absolute Gasteiger partial charge is 0.478 e. The molecule has 0 radical (unpaired) electrons. The molecule has 12 heteroatoms. The van der Waals surface area contributed by atoms with Gasteiger partial charge in [-0.2, -0.15) is 0 Å². The topological polar surface area (TPSA) is 176 Å². The Hall–Kier alpha value is -4.03. The van der Waals surface area contributed by atoms with Gasteiger partial charge in [0, 0.05) is 68.0 Å². The maximum atomic E-state index is 9.55. The van der Waals surface area contributed by atoms with Crippen molar-refractivity contribution in [3.63, 3.8) is 0 Å². The predicted molar refractivity (Wildman–Crippen MR) is 158 cm³/mol. The fraction of sp³-hybridized carbons (Fsp3) is 0.333. The molecule has 2 aromatic carbocycles. The highest BCUT2D eigenvalue weighted by molar-refractivity contribution is 6.30. The van der Waals surface area contributed by atoms with Crippen molar-refractivity contribution in [2.24, 2.45) is 0 Å². The first kappa shape index (κ1) is 36.0. The molecule has 5 N–H and O–H groups in total. The average molecular weight is 605 g/mol. The van der Waals surface area contributed by atoms with E-state index >= 15 is 0 Å². The Labute approximate surface area is 249 Å². The second-order valence-electron chi connectivity index (χ2n) is 9.31. The summed E-state index contributed by atoms with van der Waals surface area (Å²) >= 11 is 6.08. The number of halogens is 1. The van der Waals surface area contributed by atoms with E-state index < -0.39 is 23.9 Å². The molecule has 0 spiro atoms. The Morgan fingerprint density at radius 3 is 1.52 bits per heavy atom. The zero-order valence-corrected chi connectivity index (χ0v) is 24.0. The van der Waals surface area contributed by atoms with Crippen molar-refractivity contribution in [1.29, 1.82) is 0 Å². The Balaban J connectivity index is 0.000000454. The average Bonchev–Trinajstić information content (AvgIpc) is 2.94. The number of hydrogen-bond acceptors (Lipinski definition) is 7. The summed E-state index contributed by atoms with van der Waals surface area (Å²) in [6.45, 7) is 7.98. The van der Waals surface area contributed by atoms with Crippen LogP contribution >= 0.6 is 11.6 Å². The molecule has 2 aromatic rings. The molecule has 228 valence electrons. The molecule has 2 atom stereocenters. The lowest BCUT2D eigenvalue weighted by Gasteiger charge is -2.36. The number of aliphatic hydroxyl groups is 1. The first-order valence-corrected chi connectivity index (χ1v) is 13.5. The van der Waals surface area contributed by atoms with Crippen molar-refractivity contribution in [2.45, 2.75) is 25.4 Å². The fourth-order valence-electron chi connectivity index (χ4n) is 4.07. The van der Waals surface area contributed by atoms with E-state index in [0.29, 0.717) is 30.2 Å². The minimum absolute atomic E-state index is 0.242. The van der Waals surface area contributed by atoms with Gasteiger partial charge in [-0.3, -0.25) is 4.90 Å². The van der Waals surface area contributed by atoms with E-state index in [1.54, 1.807) is 0 Å². The number of aliphatic hydroxyl groups excluding tert-OH is 1. The molecule has 2 unspecified atom stereocenters. The molecule has 1 heterocycles. The minimum atomic E-state index is -1.26. The van der Waals surface area contributed by atoms with Crippen LogP contribution in [0, 0.1) is 0 Å². The molecule has 1 fully saturated rings. The number of rotatable bonds is 11. The molecule has 1 aliphatic heterocycles. The number of β-amino-alcohol motifs (C(OH)–C–C–N with tert-alkyl or cyclic N) is 1. The van der Waals surface area contributed by atoms with Crippen LogP contribution in [0.15, 0.2) is 78.9 Å². The van der Waals surface area contributed by atoms with Gasteiger partial charge in [0.2, 0.25) is 0 Å². The van der Waals surface area contributed by atoms with Crippen molar-refractivity contribution in [3.05, 3.63) is 95.1 Å². The lowest BCUT2D eigenvalue weighted by atomic mass is 9.88. The van der Waals surface area contributed by atoms with Crippen LogP contribution in [0.5, 0.6) is 0 Å². The molecule has 0 aromatic heterocycles. The maximum Gasteiger partial charge on any atom is 0.328 e. The second kappa shape index (κ2) is 19.9. The van der Waals surface area contributed by atoms with Crippen molar-refractivity contribution in [2.75, 3.05) is 39.3 Å². The van der Waals surface area contributed by atoms with Crippen LogP contribution < -0.4 is 0 Å². The van der Waals surface area contributed by atoms with Crippen LogP contribution in [0.2, 0.25) is 5.02 Å². The van der Waals surface area contributed by atoms with Crippen LogP contribution in [0.1, 0.15) is 30.4 Å². The summed E-state index contributed by atoms with van der Waals surface area (Å²) in [4.78, 5) is 43.1. The molecule has 1 aliphatic rings. The van der Waals surface area contributed by atoms with E-state index in [9.17, 15) is 24.3 Å². The lowest BCUT2D eigenvalue weighted by molar-refractivity contribution is -0.134. The smallest absolute Gasteiger partial charge is 0.328 e. The molecule has 1 saturated heterocycles. The summed E-state index contributed by atoms with van der Waals surface area (Å²) in [5.74, 6) is -4.64. The van der Waals surface area contributed by atoms with Gasteiger partial charge in [-0.15, -0.1) is 0 Å². The third-order valence-corrected chi connectivity index (χ3v) is 6.18. The minimum Gasteiger partial charge on any atom is -0.478 e. The number of carboxylic acid groups (broad SMARTS) is 4. The fourth-order valence-corrected chi connectivity index (χ4v) is 4.20. The highest BCUT2D eigenvalue weighted by atomic mass is 35.5. The molecule has 42 heavy (non-hydrogen) atoms. The molecular formula is C30H37ClN2O9. The Kier molecular flexibility index (Phi) is 17.1. The third kappa shape index (κ3) is 16.9.